The molecule has 0 aliphatic heterocycles. The van der Waals surface area contributed by atoms with Gasteiger partial charge in [0, 0.05) is 12.2 Å². The van der Waals surface area contributed by atoms with Gasteiger partial charge in [0.1, 0.15) is 5.75 Å². The van der Waals surface area contributed by atoms with Crippen molar-refractivity contribution in [1.82, 2.24) is 20.1 Å². The Morgan fingerprint density at radius 2 is 1.80 bits per heavy atom. The molecule has 8 nitrogen and oxygen atoms in total. The van der Waals surface area contributed by atoms with Gasteiger partial charge in [0.2, 0.25) is 5.91 Å². The molecular formula is C26H33N5O3S. The van der Waals surface area contributed by atoms with Crippen LogP contribution in [-0.2, 0) is 22.7 Å². The van der Waals surface area contributed by atoms with Crippen molar-refractivity contribution in [1.29, 1.82) is 0 Å². The molecule has 3 aromatic rings. The van der Waals surface area contributed by atoms with Gasteiger partial charge in [0.05, 0.1) is 12.3 Å². The maximum Gasteiger partial charge on any atom is 0.258 e. The molecule has 1 aromatic heterocycles. The van der Waals surface area contributed by atoms with Gasteiger partial charge >= 0.3 is 0 Å². The highest BCUT2D eigenvalue weighted by Crippen LogP contribution is 2.20. The van der Waals surface area contributed by atoms with Gasteiger partial charge in [0.15, 0.2) is 17.6 Å². The molecule has 186 valence electrons. The molecule has 0 aliphatic carbocycles. The number of aryl methyl sites for hydroxylation is 2. The average molecular weight is 496 g/mol. The van der Waals surface area contributed by atoms with Crippen molar-refractivity contribution in [3.8, 4) is 5.75 Å². The quantitative estimate of drug-likeness (QED) is 0.381. The van der Waals surface area contributed by atoms with Crippen LogP contribution < -0.4 is 15.4 Å². The van der Waals surface area contributed by atoms with Crippen LogP contribution in [0.5, 0.6) is 5.75 Å². The number of hydrogen-bond acceptors (Lipinski definition) is 6. The Morgan fingerprint density at radius 1 is 1.06 bits per heavy atom. The van der Waals surface area contributed by atoms with E-state index in [1.165, 1.54) is 17.3 Å². The Balaban J connectivity index is 1.48. The van der Waals surface area contributed by atoms with E-state index < -0.39 is 0 Å². The Hall–Kier alpha value is -3.33. The normalized spacial score (nSPS) is 10.9. The summed E-state index contributed by atoms with van der Waals surface area (Å²) in [6.07, 6.45) is 0. The summed E-state index contributed by atoms with van der Waals surface area (Å²) in [5.41, 5.74) is 4.14. The van der Waals surface area contributed by atoms with E-state index >= 15 is 0 Å². The fourth-order valence-corrected chi connectivity index (χ4v) is 4.21. The Morgan fingerprint density at radius 3 is 2.49 bits per heavy atom. The molecule has 0 spiro atoms. The smallest absolute Gasteiger partial charge is 0.258 e. The number of benzene rings is 2. The molecule has 0 saturated heterocycles. The third-order valence-corrected chi connectivity index (χ3v) is 6.44. The monoisotopic (exact) mass is 495 g/mol. The number of amides is 2. The van der Waals surface area contributed by atoms with Crippen molar-refractivity contribution in [2.45, 2.75) is 58.8 Å². The van der Waals surface area contributed by atoms with Crippen molar-refractivity contribution in [3.63, 3.8) is 0 Å². The summed E-state index contributed by atoms with van der Waals surface area (Å²) >= 11 is 1.31. The molecule has 0 fully saturated rings. The molecule has 0 bridgehead atoms. The van der Waals surface area contributed by atoms with Crippen LogP contribution in [0.1, 0.15) is 49.2 Å². The number of thioether (sulfide) groups is 1. The molecular weight excluding hydrogens is 462 g/mol. The SMILES string of the molecule is CCn1c(CNC(=O)COc2ccc(C(C)C)cc2)nnc1SCC(=O)Nc1cc(C)ccc1C. The molecule has 35 heavy (non-hydrogen) atoms. The Labute approximate surface area is 210 Å². The van der Waals surface area contributed by atoms with Crippen molar-refractivity contribution in [2.24, 2.45) is 0 Å². The van der Waals surface area contributed by atoms with Crippen molar-refractivity contribution >= 4 is 29.3 Å². The van der Waals surface area contributed by atoms with Gasteiger partial charge in [-0.15, -0.1) is 10.2 Å². The first-order chi connectivity index (χ1) is 16.8. The zero-order chi connectivity index (χ0) is 25.4. The number of anilines is 1. The highest BCUT2D eigenvalue weighted by Gasteiger charge is 2.15. The highest BCUT2D eigenvalue weighted by molar-refractivity contribution is 7.99. The fraction of sp³-hybridized carbons (Fsp3) is 0.385. The molecule has 1 heterocycles. The van der Waals surface area contributed by atoms with Crippen molar-refractivity contribution in [3.05, 3.63) is 65.0 Å². The van der Waals surface area contributed by atoms with E-state index in [-0.39, 0.29) is 30.7 Å². The van der Waals surface area contributed by atoms with Crippen LogP contribution in [0.4, 0.5) is 5.69 Å². The van der Waals surface area contributed by atoms with Crippen LogP contribution in [0.25, 0.3) is 0 Å². The molecule has 0 atom stereocenters. The molecule has 0 saturated carbocycles. The number of carbonyl (C=O) groups excluding carboxylic acids is 2. The lowest BCUT2D eigenvalue weighted by atomic mass is 10.0. The first-order valence-corrected chi connectivity index (χ1v) is 12.7. The van der Waals surface area contributed by atoms with E-state index in [0.717, 1.165) is 16.8 Å². The fourth-order valence-electron chi connectivity index (χ4n) is 3.39. The van der Waals surface area contributed by atoms with E-state index in [0.29, 0.717) is 29.2 Å². The van der Waals surface area contributed by atoms with Crippen LogP contribution >= 0.6 is 11.8 Å². The van der Waals surface area contributed by atoms with Crippen molar-refractivity contribution in [2.75, 3.05) is 17.7 Å². The second kappa shape index (κ2) is 12.4. The summed E-state index contributed by atoms with van der Waals surface area (Å²) in [5, 5.41) is 14.8. The zero-order valence-corrected chi connectivity index (χ0v) is 21.7. The maximum absolute atomic E-state index is 12.5. The second-order valence-corrected chi connectivity index (χ2v) is 9.53. The lowest BCUT2D eigenvalue weighted by Gasteiger charge is -2.11. The molecule has 2 amide bonds. The number of carbonyl (C=O) groups is 2. The van der Waals surface area contributed by atoms with Gasteiger partial charge in [-0.3, -0.25) is 9.59 Å². The van der Waals surface area contributed by atoms with Crippen LogP contribution in [-0.4, -0.2) is 38.9 Å². The lowest BCUT2D eigenvalue weighted by Crippen LogP contribution is -2.29. The number of rotatable bonds is 11. The van der Waals surface area contributed by atoms with Gasteiger partial charge in [-0.2, -0.15) is 0 Å². The van der Waals surface area contributed by atoms with Gasteiger partial charge in [-0.05, 0) is 61.6 Å². The molecule has 0 radical (unpaired) electrons. The summed E-state index contributed by atoms with van der Waals surface area (Å²) in [6, 6.07) is 13.7. The van der Waals surface area contributed by atoms with E-state index in [1.807, 2.05) is 67.8 Å². The molecule has 3 rings (SSSR count). The lowest BCUT2D eigenvalue weighted by molar-refractivity contribution is -0.123. The number of nitrogens with zero attached hydrogens (tertiary/aromatic N) is 3. The predicted octanol–water partition coefficient (Wildman–Crippen LogP) is 4.46. The van der Waals surface area contributed by atoms with Gasteiger partial charge < -0.3 is 19.9 Å². The predicted molar refractivity (Wildman–Crippen MR) is 139 cm³/mol. The largest absolute Gasteiger partial charge is 0.484 e. The molecule has 2 N–H and O–H groups in total. The third-order valence-electron chi connectivity index (χ3n) is 5.47. The van der Waals surface area contributed by atoms with Crippen LogP contribution in [0, 0.1) is 13.8 Å². The second-order valence-electron chi connectivity index (χ2n) is 8.59. The minimum Gasteiger partial charge on any atom is -0.484 e. The Bertz CT molecular complexity index is 1160. The third kappa shape index (κ3) is 7.58. The first-order valence-electron chi connectivity index (χ1n) is 11.7. The summed E-state index contributed by atoms with van der Waals surface area (Å²) in [5.74, 6) is 1.58. The van der Waals surface area contributed by atoms with Gasteiger partial charge in [-0.25, -0.2) is 0 Å². The average Bonchev–Trinajstić information content (AvgIpc) is 3.24. The van der Waals surface area contributed by atoms with E-state index in [4.69, 9.17) is 4.74 Å². The van der Waals surface area contributed by atoms with E-state index in [2.05, 4.69) is 34.7 Å². The highest BCUT2D eigenvalue weighted by atomic mass is 32.2. The summed E-state index contributed by atoms with van der Waals surface area (Å²) in [6.45, 7) is 10.9. The molecule has 2 aromatic carbocycles. The van der Waals surface area contributed by atoms with Crippen LogP contribution in [0.3, 0.4) is 0 Å². The molecule has 0 aliphatic rings. The first kappa shape index (κ1) is 26.3. The van der Waals surface area contributed by atoms with Gasteiger partial charge in [-0.1, -0.05) is 49.9 Å². The Kier molecular flexibility index (Phi) is 9.31. The molecule has 9 heteroatoms. The van der Waals surface area contributed by atoms with Crippen LogP contribution in [0.15, 0.2) is 47.6 Å². The number of hydrogen-bond donors (Lipinski definition) is 2. The summed E-state index contributed by atoms with van der Waals surface area (Å²) < 4.78 is 7.47. The van der Waals surface area contributed by atoms with Gasteiger partial charge in [0.25, 0.3) is 5.91 Å². The summed E-state index contributed by atoms with van der Waals surface area (Å²) in [7, 11) is 0. The number of ether oxygens (including phenoxy) is 1. The van der Waals surface area contributed by atoms with E-state index in [9.17, 15) is 9.59 Å². The number of aromatic nitrogens is 3. The standard InChI is InChI=1S/C26H33N5O3S/c1-6-31-23(14-27-24(32)15-34-21-11-9-20(10-12-21)17(2)3)29-30-26(31)35-16-25(33)28-22-13-18(4)7-8-19(22)5/h7-13,17H,6,14-16H2,1-5H3,(H,27,32)(H,28,33). The van der Waals surface area contributed by atoms with E-state index in [1.54, 1.807) is 0 Å². The molecule has 0 unspecified atom stereocenters. The minimum atomic E-state index is -0.245. The van der Waals surface area contributed by atoms with Crippen molar-refractivity contribution < 1.29 is 14.3 Å². The number of nitrogens with one attached hydrogen (secondary N) is 2. The minimum absolute atomic E-state index is 0.0819. The zero-order valence-electron chi connectivity index (χ0n) is 20.9. The summed E-state index contributed by atoms with van der Waals surface area (Å²) in [4.78, 5) is 24.7. The topological polar surface area (TPSA) is 98.1 Å². The maximum atomic E-state index is 12.5. The van der Waals surface area contributed by atoms with Crippen LogP contribution in [0.2, 0.25) is 0 Å².